The lowest BCUT2D eigenvalue weighted by molar-refractivity contribution is -0.363. The van der Waals surface area contributed by atoms with Crippen LogP contribution in [0.3, 0.4) is 0 Å². The van der Waals surface area contributed by atoms with Crippen LogP contribution in [0.5, 0.6) is 0 Å². The molecule has 0 amide bonds. The van der Waals surface area contributed by atoms with Crippen LogP contribution in [0.2, 0.25) is 0 Å². The van der Waals surface area contributed by atoms with Gasteiger partial charge in [-0.15, -0.1) is 0 Å². The van der Waals surface area contributed by atoms with Crippen LogP contribution in [0.25, 0.3) is 0 Å². The molecule has 4 saturated heterocycles. The van der Waals surface area contributed by atoms with Crippen molar-refractivity contribution >= 4 is 0 Å². The van der Waals surface area contributed by atoms with Crippen LogP contribution in [-0.2, 0) is 33.2 Å². The molecule has 63 heavy (non-hydrogen) atoms. The molecule has 4 saturated carbocycles. The van der Waals surface area contributed by atoms with Gasteiger partial charge < -0.3 is 89.3 Å². The third-order valence-electron chi connectivity index (χ3n) is 17.9. The standard InChI is InChI=1S/C45H76O18/c1-18(17-57-40-36(53)35(52)33(50)29(16-46)61-40)7-12-45(56)19(2)30-28(63-45)15-25-23-14-27(26-13-22(47)8-10-43(26,5)24(23)9-11-44(25,30)6)60-42-38(55)39(32(49)21(4)59-42)62-41-37(54)34(51)31(48)20(3)58-41/h18-42,46-56H,7-17H2,1-6H3/t18-,19-,20-,21-,22?,23?,24?,25?,26+,27-,28?,29+,30?,31-,32-,33+,34+,35-,36+,37-,38-,39+,40+,41+,42+,43+,44-,45?/m0/s1. The van der Waals surface area contributed by atoms with Gasteiger partial charge in [0, 0.05) is 12.3 Å². The van der Waals surface area contributed by atoms with E-state index in [1.807, 2.05) is 6.92 Å². The maximum absolute atomic E-state index is 12.2. The lowest BCUT2D eigenvalue weighted by Crippen LogP contribution is -2.64. The Morgan fingerprint density at radius 1 is 0.651 bits per heavy atom. The van der Waals surface area contributed by atoms with E-state index >= 15 is 0 Å². The molecule has 8 fully saturated rings. The van der Waals surface area contributed by atoms with Gasteiger partial charge in [0.05, 0.1) is 43.7 Å². The summed E-state index contributed by atoms with van der Waals surface area (Å²) in [6.07, 6.45) is -14.7. The van der Waals surface area contributed by atoms with Gasteiger partial charge >= 0.3 is 0 Å². The zero-order valence-electron chi connectivity index (χ0n) is 37.5. The second-order valence-electron chi connectivity index (χ2n) is 21.6. The Morgan fingerprint density at radius 2 is 1.29 bits per heavy atom. The Kier molecular flexibility index (Phi) is 14.2. The summed E-state index contributed by atoms with van der Waals surface area (Å²) in [5, 5.41) is 118. The third-order valence-corrected chi connectivity index (χ3v) is 17.9. The number of hydrogen-bond donors (Lipinski definition) is 11. The topological polar surface area (TPSA) is 287 Å². The average Bonchev–Trinajstić information content (AvgIpc) is 3.68. The molecule has 364 valence electrons. The maximum atomic E-state index is 12.2. The highest BCUT2D eigenvalue weighted by molar-refractivity contribution is 5.16. The first-order valence-electron chi connectivity index (χ1n) is 23.7. The van der Waals surface area contributed by atoms with E-state index in [2.05, 4.69) is 20.8 Å². The lowest BCUT2D eigenvalue weighted by Gasteiger charge is -2.63. The third kappa shape index (κ3) is 8.49. The van der Waals surface area contributed by atoms with Crippen molar-refractivity contribution in [1.29, 1.82) is 0 Å². The molecule has 18 heteroatoms. The zero-order chi connectivity index (χ0) is 45.7. The number of hydrogen-bond acceptors (Lipinski definition) is 18. The molecule has 0 bridgehead atoms. The number of ether oxygens (including phenoxy) is 7. The van der Waals surface area contributed by atoms with Crippen LogP contribution in [-0.4, -0.2) is 186 Å². The van der Waals surface area contributed by atoms with Gasteiger partial charge in [-0.3, -0.25) is 0 Å². The van der Waals surface area contributed by atoms with E-state index in [0.717, 1.165) is 25.7 Å². The van der Waals surface area contributed by atoms with Gasteiger partial charge in [0.1, 0.15) is 61.0 Å². The number of rotatable bonds is 11. The second kappa shape index (κ2) is 18.3. The van der Waals surface area contributed by atoms with Crippen molar-refractivity contribution in [1.82, 2.24) is 0 Å². The Labute approximate surface area is 369 Å². The smallest absolute Gasteiger partial charge is 0.187 e. The molecular weight excluding hydrogens is 828 g/mol. The van der Waals surface area contributed by atoms with Crippen molar-refractivity contribution in [2.24, 2.45) is 52.3 Å². The van der Waals surface area contributed by atoms with Gasteiger partial charge in [0.25, 0.3) is 0 Å². The van der Waals surface area contributed by atoms with Crippen LogP contribution >= 0.6 is 0 Å². The molecular formula is C45H76O18. The van der Waals surface area contributed by atoms with Gasteiger partial charge in [-0.05, 0) is 112 Å². The van der Waals surface area contributed by atoms with E-state index in [1.54, 1.807) is 6.92 Å². The summed E-state index contributed by atoms with van der Waals surface area (Å²) in [4.78, 5) is 0. The summed E-state index contributed by atoms with van der Waals surface area (Å²) in [5.74, 6) is -0.753. The highest BCUT2D eigenvalue weighted by atomic mass is 16.7. The molecule has 0 radical (unpaired) electrons. The van der Waals surface area contributed by atoms with Crippen molar-refractivity contribution in [2.45, 2.75) is 216 Å². The Balaban J connectivity index is 0.945. The molecule has 0 aromatic rings. The predicted octanol–water partition coefficient (Wildman–Crippen LogP) is -0.753. The first-order chi connectivity index (χ1) is 29.6. The van der Waals surface area contributed by atoms with E-state index in [9.17, 15) is 56.2 Å². The van der Waals surface area contributed by atoms with E-state index in [1.165, 1.54) is 6.92 Å². The number of fused-ring (bicyclic) bond motifs is 7. The summed E-state index contributed by atoms with van der Waals surface area (Å²) in [7, 11) is 0. The molecule has 11 N–H and O–H groups in total. The van der Waals surface area contributed by atoms with E-state index in [0.29, 0.717) is 38.0 Å². The van der Waals surface area contributed by atoms with E-state index in [-0.39, 0.29) is 59.0 Å². The number of aliphatic hydroxyl groups is 11. The molecule has 4 aliphatic carbocycles. The molecule has 8 aliphatic rings. The second-order valence-corrected chi connectivity index (χ2v) is 21.6. The van der Waals surface area contributed by atoms with E-state index < -0.39 is 117 Å². The predicted molar refractivity (Wildman–Crippen MR) is 218 cm³/mol. The minimum atomic E-state index is -1.64. The molecule has 0 aromatic heterocycles. The van der Waals surface area contributed by atoms with Crippen LogP contribution < -0.4 is 0 Å². The van der Waals surface area contributed by atoms with Crippen molar-refractivity contribution in [3.8, 4) is 0 Å². The molecule has 28 atom stereocenters. The van der Waals surface area contributed by atoms with Gasteiger partial charge in [-0.1, -0.05) is 27.7 Å². The van der Waals surface area contributed by atoms with Crippen molar-refractivity contribution < 1.29 is 89.3 Å². The van der Waals surface area contributed by atoms with Crippen LogP contribution in [0, 0.1) is 52.3 Å². The summed E-state index contributed by atoms with van der Waals surface area (Å²) in [6.45, 7) is 11.5. The fourth-order valence-electron chi connectivity index (χ4n) is 14.1. The highest BCUT2D eigenvalue weighted by Crippen LogP contribution is 2.71. The summed E-state index contributed by atoms with van der Waals surface area (Å²) in [5.41, 5.74) is -0.329. The van der Waals surface area contributed by atoms with Crippen LogP contribution in [0.15, 0.2) is 0 Å². The molecule has 7 unspecified atom stereocenters. The van der Waals surface area contributed by atoms with Crippen molar-refractivity contribution in [3.63, 3.8) is 0 Å². The SMILES string of the molecule is C[C@@H](CCC1(O)OC2CC3C4C[C@H](O[C@H]5O[C@@H](C)[C@H](O)[C@@H](O[C@H]6O[C@@H](C)[C@H](O)[C@@H](O)[C@@H]6O)[C@@H]5O)[C@H]5CC(O)CC[C@]5(C)C4CC[C@]3(C)C2[C@@H]1C)CO[C@@H]1O[C@H](CO)[C@@H](O)[C@H](O)[C@H]1O. The normalized spacial score (nSPS) is 57.5. The van der Waals surface area contributed by atoms with Gasteiger partial charge in [0.15, 0.2) is 24.7 Å². The minimum Gasteiger partial charge on any atom is -0.394 e. The number of aliphatic hydroxyl groups excluding tert-OH is 10. The first-order valence-corrected chi connectivity index (χ1v) is 23.7. The average molecular weight is 905 g/mol. The molecule has 4 aliphatic heterocycles. The van der Waals surface area contributed by atoms with Crippen molar-refractivity contribution in [3.05, 3.63) is 0 Å². The largest absolute Gasteiger partial charge is 0.394 e. The van der Waals surface area contributed by atoms with Gasteiger partial charge in [0.2, 0.25) is 0 Å². The maximum Gasteiger partial charge on any atom is 0.187 e. The summed E-state index contributed by atoms with van der Waals surface area (Å²) >= 11 is 0. The summed E-state index contributed by atoms with van der Waals surface area (Å²) < 4.78 is 42.7. The fraction of sp³-hybridized carbons (Fsp3) is 1.00. The zero-order valence-corrected chi connectivity index (χ0v) is 37.5. The quantitative estimate of drug-likeness (QED) is 0.114. The molecule has 18 nitrogen and oxygen atoms in total. The van der Waals surface area contributed by atoms with Gasteiger partial charge in [-0.2, -0.15) is 0 Å². The van der Waals surface area contributed by atoms with Crippen LogP contribution in [0.4, 0.5) is 0 Å². The lowest BCUT2D eigenvalue weighted by atomic mass is 9.43. The Hall–Kier alpha value is -0.720. The summed E-state index contributed by atoms with van der Waals surface area (Å²) in [6, 6.07) is 0. The highest BCUT2D eigenvalue weighted by Gasteiger charge is 2.69. The molecule has 8 rings (SSSR count). The molecule has 0 aromatic carbocycles. The Bertz CT molecular complexity index is 1560. The monoisotopic (exact) mass is 905 g/mol. The fourth-order valence-corrected chi connectivity index (χ4v) is 14.1. The first kappa shape index (κ1) is 48.7. The molecule has 0 spiro atoms. The minimum absolute atomic E-state index is 0.0435. The van der Waals surface area contributed by atoms with E-state index in [4.69, 9.17) is 33.2 Å². The van der Waals surface area contributed by atoms with Crippen LogP contribution in [0.1, 0.15) is 99.3 Å². The Morgan fingerprint density at radius 3 is 1.98 bits per heavy atom. The van der Waals surface area contributed by atoms with Gasteiger partial charge in [-0.25, -0.2) is 0 Å². The van der Waals surface area contributed by atoms with Crippen molar-refractivity contribution in [2.75, 3.05) is 13.2 Å². The molecule has 4 heterocycles.